The van der Waals surface area contributed by atoms with Crippen LogP contribution in [0.25, 0.3) is 0 Å². The lowest BCUT2D eigenvalue weighted by Crippen LogP contribution is -2.27. The molecule has 0 radical (unpaired) electrons. The van der Waals surface area contributed by atoms with Gasteiger partial charge >= 0.3 is 5.97 Å². The Morgan fingerprint density at radius 3 is 2.71 bits per heavy atom. The van der Waals surface area contributed by atoms with Gasteiger partial charge in [-0.3, -0.25) is 4.79 Å². The molecule has 17 heavy (non-hydrogen) atoms. The number of hydrogen-bond donors (Lipinski definition) is 0. The van der Waals surface area contributed by atoms with E-state index < -0.39 is 5.60 Å². The molecule has 0 aliphatic carbocycles. The van der Waals surface area contributed by atoms with Crippen molar-refractivity contribution in [1.29, 1.82) is 0 Å². The number of carbonyl (C=O) groups is 1. The summed E-state index contributed by atoms with van der Waals surface area (Å²) in [6.45, 7) is 7.08. The molecule has 0 bridgehead atoms. The molecule has 4 heteroatoms. The normalized spacial score (nSPS) is 11.8. The molecule has 1 aromatic heterocycles. The van der Waals surface area contributed by atoms with Gasteiger partial charge in [-0.05, 0) is 33.9 Å². The Labute approximate surface area is 103 Å². The Balaban J connectivity index is 2.24. The van der Waals surface area contributed by atoms with E-state index in [0.717, 1.165) is 12.1 Å². The number of esters is 1. The summed E-state index contributed by atoms with van der Waals surface area (Å²) in [7, 11) is 1.97. The predicted molar refractivity (Wildman–Crippen MR) is 65.5 cm³/mol. The molecule has 1 heterocycles. The molecule has 0 N–H and O–H groups in total. The average molecular weight is 239 g/mol. The average Bonchev–Trinajstić information content (AvgIpc) is 2.64. The summed E-state index contributed by atoms with van der Waals surface area (Å²) in [5.41, 5.74) is 0.705. The van der Waals surface area contributed by atoms with Crippen molar-refractivity contribution in [2.24, 2.45) is 0 Å². The van der Waals surface area contributed by atoms with Gasteiger partial charge in [0.1, 0.15) is 5.60 Å². The molecule has 0 saturated heterocycles. The second-order valence-corrected chi connectivity index (χ2v) is 5.21. The van der Waals surface area contributed by atoms with E-state index in [-0.39, 0.29) is 5.97 Å². The van der Waals surface area contributed by atoms with E-state index in [2.05, 4.69) is 4.90 Å². The zero-order chi connectivity index (χ0) is 12.9. The van der Waals surface area contributed by atoms with Crippen molar-refractivity contribution in [3.63, 3.8) is 0 Å². The fourth-order valence-electron chi connectivity index (χ4n) is 1.45. The summed E-state index contributed by atoms with van der Waals surface area (Å²) in [6, 6.07) is 1.92. The highest BCUT2D eigenvalue weighted by molar-refractivity contribution is 5.70. The van der Waals surface area contributed by atoms with E-state index in [1.807, 2.05) is 33.9 Å². The first-order valence-corrected chi connectivity index (χ1v) is 5.78. The summed E-state index contributed by atoms with van der Waals surface area (Å²) in [4.78, 5) is 13.6. The smallest absolute Gasteiger partial charge is 0.307 e. The summed E-state index contributed by atoms with van der Waals surface area (Å²) in [5.74, 6) is -0.156. The zero-order valence-electron chi connectivity index (χ0n) is 11.0. The molecule has 0 aliphatic rings. The maximum Gasteiger partial charge on any atom is 0.307 e. The highest BCUT2D eigenvalue weighted by Crippen LogP contribution is 2.09. The van der Waals surface area contributed by atoms with Crippen molar-refractivity contribution in [3.05, 3.63) is 24.2 Å². The van der Waals surface area contributed by atoms with E-state index in [0.29, 0.717) is 13.0 Å². The van der Waals surface area contributed by atoms with Gasteiger partial charge in [0.25, 0.3) is 0 Å². The van der Waals surface area contributed by atoms with E-state index >= 15 is 0 Å². The van der Waals surface area contributed by atoms with Crippen molar-refractivity contribution in [1.82, 2.24) is 4.90 Å². The Kier molecular flexibility index (Phi) is 4.75. The van der Waals surface area contributed by atoms with E-state index in [1.54, 1.807) is 12.5 Å². The number of rotatable bonds is 5. The lowest BCUT2D eigenvalue weighted by Gasteiger charge is -2.21. The Hall–Kier alpha value is -1.29. The third kappa shape index (κ3) is 6.12. The van der Waals surface area contributed by atoms with Gasteiger partial charge in [0.05, 0.1) is 18.9 Å². The van der Waals surface area contributed by atoms with Gasteiger partial charge in [0, 0.05) is 18.7 Å². The van der Waals surface area contributed by atoms with Crippen LogP contribution in [0.5, 0.6) is 0 Å². The monoisotopic (exact) mass is 239 g/mol. The first-order chi connectivity index (χ1) is 7.87. The van der Waals surface area contributed by atoms with E-state index in [4.69, 9.17) is 9.15 Å². The molecule has 0 unspecified atom stereocenters. The quantitative estimate of drug-likeness (QED) is 0.740. The Morgan fingerprint density at radius 2 is 2.18 bits per heavy atom. The maximum absolute atomic E-state index is 11.5. The van der Waals surface area contributed by atoms with Crippen LogP contribution in [0.1, 0.15) is 32.8 Å². The van der Waals surface area contributed by atoms with Crippen LogP contribution in [0.15, 0.2) is 23.0 Å². The van der Waals surface area contributed by atoms with Crippen LogP contribution in [0.4, 0.5) is 0 Å². The molecule has 0 fully saturated rings. The molecule has 0 saturated carbocycles. The number of ether oxygens (including phenoxy) is 1. The third-order valence-corrected chi connectivity index (χ3v) is 2.15. The highest BCUT2D eigenvalue weighted by atomic mass is 16.6. The van der Waals surface area contributed by atoms with Gasteiger partial charge in [0.2, 0.25) is 0 Å². The minimum atomic E-state index is -0.403. The van der Waals surface area contributed by atoms with Gasteiger partial charge < -0.3 is 14.1 Å². The predicted octanol–water partition coefficient (Wildman–Crippen LogP) is 2.44. The molecule has 0 aliphatic heterocycles. The fraction of sp³-hybridized carbons (Fsp3) is 0.615. The molecular weight excluding hydrogens is 218 g/mol. The highest BCUT2D eigenvalue weighted by Gasteiger charge is 2.16. The van der Waals surface area contributed by atoms with Crippen LogP contribution in [0.3, 0.4) is 0 Å². The van der Waals surface area contributed by atoms with Crippen LogP contribution < -0.4 is 0 Å². The lowest BCUT2D eigenvalue weighted by atomic mass is 10.2. The largest absolute Gasteiger partial charge is 0.472 e. The van der Waals surface area contributed by atoms with E-state index in [9.17, 15) is 4.79 Å². The number of carbonyl (C=O) groups excluding carboxylic acids is 1. The molecule has 0 atom stereocenters. The summed E-state index contributed by atoms with van der Waals surface area (Å²) < 4.78 is 10.2. The summed E-state index contributed by atoms with van der Waals surface area (Å²) in [5, 5.41) is 0. The van der Waals surface area contributed by atoms with Crippen LogP contribution in [0.2, 0.25) is 0 Å². The molecule has 1 aromatic rings. The van der Waals surface area contributed by atoms with Crippen molar-refractivity contribution in [3.8, 4) is 0 Å². The molecule has 0 spiro atoms. The van der Waals surface area contributed by atoms with Gasteiger partial charge in [-0.15, -0.1) is 0 Å². The summed E-state index contributed by atoms with van der Waals surface area (Å²) >= 11 is 0. The van der Waals surface area contributed by atoms with E-state index in [1.165, 1.54) is 0 Å². The van der Waals surface area contributed by atoms with Gasteiger partial charge in [0.15, 0.2) is 0 Å². The van der Waals surface area contributed by atoms with Crippen molar-refractivity contribution in [2.45, 2.75) is 39.3 Å². The molecule has 0 amide bonds. The van der Waals surface area contributed by atoms with Crippen molar-refractivity contribution in [2.75, 3.05) is 13.6 Å². The minimum Gasteiger partial charge on any atom is -0.472 e. The topological polar surface area (TPSA) is 42.7 Å². The van der Waals surface area contributed by atoms with Crippen LogP contribution >= 0.6 is 0 Å². The molecule has 96 valence electrons. The molecule has 0 aromatic carbocycles. The van der Waals surface area contributed by atoms with Crippen LogP contribution in [-0.4, -0.2) is 30.1 Å². The van der Waals surface area contributed by atoms with Crippen LogP contribution in [-0.2, 0) is 16.1 Å². The lowest BCUT2D eigenvalue weighted by molar-refractivity contribution is -0.155. The number of furan rings is 1. The van der Waals surface area contributed by atoms with Gasteiger partial charge in [-0.1, -0.05) is 0 Å². The van der Waals surface area contributed by atoms with Gasteiger partial charge in [-0.2, -0.15) is 0 Å². The zero-order valence-corrected chi connectivity index (χ0v) is 11.0. The number of hydrogen-bond acceptors (Lipinski definition) is 4. The molecule has 4 nitrogen and oxygen atoms in total. The minimum absolute atomic E-state index is 0.156. The van der Waals surface area contributed by atoms with Gasteiger partial charge in [-0.25, -0.2) is 0 Å². The fourth-order valence-corrected chi connectivity index (χ4v) is 1.45. The first-order valence-electron chi connectivity index (χ1n) is 5.78. The molecule has 1 rings (SSSR count). The third-order valence-electron chi connectivity index (χ3n) is 2.15. The van der Waals surface area contributed by atoms with Crippen LogP contribution in [0, 0.1) is 0 Å². The Bertz CT molecular complexity index is 338. The number of nitrogens with zero attached hydrogens (tertiary/aromatic N) is 1. The summed E-state index contributed by atoms with van der Waals surface area (Å²) in [6.07, 6.45) is 3.77. The first kappa shape index (κ1) is 13.8. The second-order valence-electron chi connectivity index (χ2n) is 5.21. The van der Waals surface area contributed by atoms with Crippen molar-refractivity contribution < 1.29 is 13.9 Å². The second kappa shape index (κ2) is 5.87. The maximum atomic E-state index is 11.5. The standard InChI is InChI=1S/C13H21NO3/c1-13(2,3)17-12(15)5-7-14(4)9-11-6-8-16-10-11/h6,8,10H,5,7,9H2,1-4H3. The molecular formula is C13H21NO3. The van der Waals surface area contributed by atoms with Crippen molar-refractivity contribution >= 4 is 5.97 Å². The Morgan fingerprint density at radius 1 is 1.47 bits per heavy atom. The SMILES string of the molecule is CN(CCC(=O)OC(C)(C)C)Cc1ccoc1.